The van der Waals surface area contributed by atoms with E-state index in [1.807, 2.05) is 48.5 Å². The average Bonchev–Trinajstić information content (AvgIpc) is 3.16. The molecule has 124 valence electrons. The highest BCUT2D eigenvalue weighted by Crippen LogP contribution is 2.25. The molecular formula is C18H12BrN3O2S. The van der Waals surface area contributed by atoms with Crippen LogP contribution in [0.2, 0.25) is 0 Å². The van der Waals surface area contributed by atoms with Crippen molar-refractivity contribution in [3.8, 4) is 17.1 Å². The number of para-hydroxylation sites is 1. The lowest BCUT2D eigenvalue weighted by molar-refractivity contribution is 0.414. The summed E-state index contributed by atoms with van der Waals surface area (Å²) >= 11 is 4.80. The molecule has 2 aromatic heterocycles. The topological polar surface area (TPSA) is 56.5 Å². The van der Waals surface area contributed by atoms with Gasteiger partial charge >= 0.3 is 0 Å². The summed E-state index contributed by atoms with van der Waals surface area (Å²) in [4.78, 5) is 17.7. The van der Waals surface area contributed by atoms with E-state index in [0.29, 0.717) is 15.3 Å². The summed E-state index contributed by atoms with van der Waals surface area (Å²) in [5.41, 5.74) is 1.52. The minimum atomic E-state index is -0.184. The largest absolute Gasteiger partial charge is 0.496 e. The summed E-state index contributed by atoms with van der Waals surface area (Å²) in [5, 5.41) is 4.37. The molecule has 0 aliphatic rings. The molecule has 0 spiro atoms. The minimum Gasteiger partial charge on any atom is -0.496 e. The number of nitrogens with zero attached hydrogens (tertiary/aromatic N) is 3. The summed E-state index contributed by atoms with van der Waals surface area (Å²) in [6, 6.07) is 15.2. The molecule has 0 fully saturated rings. The lowest BCUT2D eigenvalue weighted by atomic mass is 10.2. The van der Waals surface area contributed by atoms with Crippen LogP contribution in [-0.2, 0) is 0 Å². The first-order valence-corrected chi connectivity index (χ1v) is 9.07. The Kier molecular flexibility index (Phi) is 4.10. The molecule has 0 radical (unpaired) electrons. The number of ether oxygens (including phenoxy) is 1. The molecule has 4 aromatic rings. The highest BCUT2D eigenvalue weighted by molar-refractivity contribution is 9.10. The third kappa shape index (κ3) is 2.85. The molecule has 0 aliphatic carbocycles. The molecule has 0 N–H and O–H groups in total. The Labute approximate surface area is 155 Å². The Morgan fingerprint density at radius 2 is 1.92 bits per heavy atom. The third-order valence-corrected chi connectivity index (χ3v) is 5.37. The standard InChI is InChI=1S/C18H12BrN3O2S/c1-24-14-9-5-2-6-11(14)10-15-17(23)22-18(25-15)20-16(21-22)12-7-3-4-8-13(12)19/h2-10H,1H3/b15-10-. The quantitative estimate of drug-likeness (QED) is 0.517. The maximum Gasteiger partial charge on any atom is 0.291 e. The van der Waals surface area contributed by atoms with E-state index in [1.165, 1.54) is 15.9 Å². The number of rotatable bonds is 3. The fraction of sp³-hybridized carbons (Fsp3) is 0.0556. The van der Waals surface area contributed by atoms with Gasteiger partial charge in [-0.1, -0.05) is 57.6 Å². The van der Waals surface area contributed by atoms with Crippen LogP contribution in [0.5, 0.6) is 5.75 Å². The van der Waals surface area contributed by atoms with Gasteiger partial charge in [-0.05, 0) is 24.3 Å². The Balaban J connectivity index is 1.85. The summed E-state index contributed by atoms with van der Waals surface area (Å²) in [6.45, 7) is 0. The predicted octanol–water partition coefficient (Wildman–Crippen LogP) is 3.14. The van der Waals surface area contributed by atoms with E-state index < -0.39 is 0 Å². The van der Waals surface area contributed by atoms with Gasteiger partial charge < -0.3 is 4.74 Å². The number of thiazole rings is 1. The van der Waals surface area contributed by atoms with Gasteiger partial charge in [0.25, 0.3) is 5.56 Å². The number of halogens is 1. The number of hydrogen-bond acceptors (Lipinski definition) is 5. The van der Waals surface area contributed by atoms with Gasteiger partial charge in [-0.3, -0.25) is 4.79 Å². The molecule has 0 saturated carbocycles. The van der Waals surface area contributed by atoms with Crippen LogP contribution in [-0.4, -0.2) is 21.7 Å². The maximum absolute atomic E-state index is 12.6. The van der Waals surface area contributed by atoms with Gasteiger partial charge in [0.15, 0.2) is 5.82 Å². The van der Waals surface area contributed by atoms with Crippen molar-refractivity contribution in [1.82, 2.24) is 14.6 Å². The Morgan fingerprint density at radius 1 is 1.16 bits per heavy atom. The molecule has 7 heteroatoms. The SMILES string of the molecule is COc1ccccc1/C=c1\sc2nc(-c3ccccc3Br)nn2c1=O. The maximum atomic E-state index is 12.6. The van der Waals surface area contributed by atoms with Crippen molar-refractivity contribution in [2.24, 2.45) is 0 Å². The lowest BCUT2D eigenvalue weighted by Crippen LogP contribution is -2.23. The van der Waals surface area contributed by atoms with E-state index in [4.69, 9.17) is 4.74 Å². The van der Waals surface area contributed by atoms with Gasteiger partial charge in [0.2, 0.25) is 4.96 Å². The molecule has 5 nitrogen and oxygen atoms in total. The van der Waals surface area contributed by atoms with Crippen molar-refractivity contribution in [2.75, 3.05) is 7.11 Å². The van der Waals surface area contributed by atoms with Crippen LogP contribution < -0.4 is 14.8 Å². The first-order valence-electron chi connectivity index (χ1n) is 7.46. The number of aromatic nitrogens is 3. The van der Waals surface area contributed by atoms with E-state index >= 15 is 0 Å². The molecule has 0 saturated heterocycles. The molecule has 0 bridgehead atoms. The number of benzene rings is 2. The average molecular weight is 414 g/mol. The highest BCUT2D eigenvalue weighted by atomic mass is 79.9. The van der Waals surface area contributed by atoms with Gasteiger partial charge in [0, 0.05) is 15.6 Å². The van der Waals surface area contributed by atoms with Gasteiger partial charge in [-0.2, -0.15) is 9.50 Å². The summed E-state index contributed by atoms with van der Waals surface area (Å²) in [7, 11) is 1.61. The monoisotopic (exact) mass is 413 g/mol. The first kappa shape index (κ1) is 16.0. The molecule has 2 aromatic carbocycles. The van der Waals surface area contributed by atoms with Crippen LogP contribution in [0.1, 0.15) is 5.56 Å². The first-order chi connectivity index (χ1) is 12.2. The summed E-state index contributed by atoms with van der Waals surface area (Å²) in [5.74, 6) is 1.24. The smallest absolute Gasteiger partial charge is 0.291 e. The highest BCUT2D eigenvalue weighted by Gasteiger charge is 2.13. The molecule has 0 unspecified atom stereocenters. The Bertz CT molecular complexity index is 1180. The van der Waals surface area contributed by atoms with Gasteiger partial charge in [0.05, 0.1) is 11.6 Å². The van der Waals surface area contributed by atoms with Crippen molar-refractivity contribution in [3.05, 3.63) is 73.5 Å². The molecule has 25 heavy (non-hydrogen) atoms. The van der Waals surface area contributed by atoms with E-state index in [1.54, 1.807) is 13.2 Å². The zero-order valence-electron chi connectivity index (χ0n) is 13.1. The summed E-state index contributed by atoms with van der Waals surface area (Å²) in [6.07, 6.45) is 1.81. The zero-order chi connectivity index (χ0) is 17.4. The fourth-order valence-corrected chi connectivity index (χ4v) is 3.88. The van der Waals surface area contributed by atoms with E-state index in [-0.39, 0.29) is 5.56 Å². The van der Waals surface area contributed by atoms with E-state index in [9.17, 15) is 4.79 Å². The predicted molar refractivity (Wildman–Crippen MR) is 102 cm³/mol. The molecule has 4 rings (SSSR count). The van der Waals surface area contributed by atoms with Crippen LogP contribution in [0.4, 0.5) is 0 Å². The minimum absolute atomic E-state index is 0.184. The van der Waals surface area contributed by atoms with Gasteiger partial charge in [-0.25, -0.2) is 0 Å². The van der Waals surface area contributed by atoms with Crippen molar-refractivity contribution in [3.63, 3.8) is 0 Å². The van der Waals surface area contributed by atoms with Crippen molar-refractivity contribution in [2.45, 2.75) is 0 Å². The van der Waals surface area contributed by atoms with E-state index in [2.05, 4.69) is 26.0 Å². The number of hydrogen-bond donors (Lipinski definition) is 0. The van der Waals surface area contributed by atoms with Crippen LogP contribution in [0, 0.1) is 0 Å². The molecular weight excluding hydrogens is 402 g/mol. The lowest BCUT2D eigenvalue weighted by Gasteiger charge is -2.02. The number of methoxy groups -OCH3 is 1. The van der Waals surface area contributed by atoms with Crippen LogP contribution in [0.15, 0.2) is 57.8 Å². The third-order valence-electron chi connectivity index (χ3n) is 3.72. The zero-order valence-corrected chi connectivity index (χ0v) is 15.5. The second-order valence-corrected chi connectivity index (χ2v) is 7.13. The fourth-order valence-electron chi connectivity index (χ4n) is 2.52. The van der Waals surface area contributed by atoms with Crippen molar-refractivity contribution < 1.29 is 4.74 Å². The molecule has 0 aliphatic heterocycles. The van der Waals surface area contributed by atoms with Crippen LogP contribution >= 0.6 is 27.3 Å². The van der Waals surface area contributed by atoms with Crippen LogP contribution in [0.25, 0.3) is 22.4 Å². The molecule has 2 heterocycles. The van der Waals surface area contributed by atoms with Crippen LogP contribution in [0.3, 0.4) is 0 Å². The molecule has 0 atom stereocenters. The van der Waals surface area contributed by atoms with Gasteiger partial charge in [-0.15, -0.1) is 5.10 Å². The van der Waals surface area contributed by atoms with E-state index in [0.717, 1.165) is 21.3 Å². The second-order valence-electron chi connectivity index (χ2n) is 5.27. The molecule has 0 amide bonds. The Morgan fingerprint density at radius 3 is 2.68 bits per heavy atom. The van der Waals surface area contributed by atoms with Crippen molar-refractivity contribution >= 4 is 38.3 Å². The summed E-state index contributed by atoms with van der Waals surface area (Å²) < 4.78 is 8.14. The normalized spacial score (nSPS) is 12.0. The van der Waals surface area contributed by atoms with Gasteiger partial charge in [0.1, 0.15) is 5.75 Å². The second kappa shape index (κ2) is 6.42. The Hall–Kier alpha value is -2.51. The number of fused-ring (bicyclic) bond motifs is 1. The van der Waals surface area contributed by atoms with Crippen molar-refractivity contribution in [1.29, 1.82) is 0 Å².